The zero-order chi connectivity index (χ0) is 20.0. The van der Waals surface area contributed by atoms with Crippen molar-refractivity contribution in [1.29, 1.82) is 0 Å². The summed E-state index contributed by atoms with van der Waals surface area (Å²) in [7, 11) is -4.08. The van der Waals surface area contributed by atoms with Gasteiger partial charge in [-0.1, -0.05) is 31.0 Å². The molecule has 7 nitrogen and oxygen atoms in total. The molecule has 0 heterocycles. The van der Waals surface area contributed by atoms with E-state index in [2.05, 4.69) is 0 Å². The summed E-state index contributed by atoms with van der Waals surface area (Å²) in [6, 6.07) is 11.0. The predicted molar refractivity (Wildman–Crippen MR) is 100 cm³/mol. The van der Waals surface area contributed by atoms with E-state index < -0.39 is 26.0 Å². The molecule has 0 aromatic heterocycles. The second kappa shape index (κ2) is 8.88. The van der Waals surface area contributed by atoms with Crippen molar-refractivity contribution in [2.75, 3.05) is 6.61 Å². The van der Waals surface area contributed by atoms with E-state index in [1.807, 2.05) is 13.8 Å². The average molecular weight is 391 g/mol. The van der Waals surface area contributed by atoms with Crippen molar-refractivity contribution in [2.45, 2.75) is 37.0 Å². The lowest BCUT2D eigenvalue weighted by atomic mass is 10.1. The van der Waals surface area contributed by atoms with Gasteiger partial charge in [0, 0.05) is 24.3 Å². The Kier molecular flexibility index (Phi) is 6.81. The molecule has 0 aliphatic carbocycles. The van der Waals surface area contributed by atoms with Gasteiger partial charge in [-0.05, 0) is 37.6 Å². The van der Waals surface area contributed by atoms with Crippen LogP contribution >= 0.6 is 0 Å². The summed E-state index contributed by atoms with van der Waals surface area (Å²) in [5.74, 6) is -0.749. The Morgan fingerprint density at radius 2 is 1.70 bits per heavy atom. The molecule has 0 bridgehead atoms. The maximum absolute atomic E-state index is 13.0. The van der Waals surface area contributed by atoms with Gasteiger partial charge in [-0.3, -0.25) is 14.9 Å². The quantitative estimate of drug-likeness (QED) is 0.279. The van der Waals surface area contributed by atoms with Gasteiger partial charge in [0.05, 0.1) is 9.82 Å². The molecule has 0 saturated carbocycles. The molecule has 2 aromatic rings. The average Bonchev–Trinajstić information content (AvgIpc) is 2.65. The second-order valence-corrected chi connectivity index (χ2v) is 8.07. The Bertz CT molecular complexity index is 904. The van der Waals surface area contributed by atoms with Crippen LogP contribution in [0.25, 0.3) is 0 Å². The van der Waals surface area contributed by atoms with E-state index in [9.17, 15) is 23.3 Å². The van der Waals surface area contributed by atoms with Crippen LogP contribution in [0.4, 0.5) is 5.69 Å². The molecule has 0 N–H and O–H groups in total. The molecule has 144 valence electrons. The number of carbonyl (C=O) groups excluding carboxylic acids is 1. The van der Waals surface area contributed by atoms with Crippen molar-refractivity contribution in [3.63, 3.8) is 0 Å². The summed E-state index contributed by atoms with van der Waals surface area (Å²) in [6.45, 7) is 3.86. The number of nitro groups is 1. The number of benzene rings is 2. The number of carbonyl (C=O) groups is 1. The van der Waals surface area contributed by atoms with E-state index in [4.69, 9.17) is 4.74 Å². The van der Waals surface area contributed by atoms with Crippen LogP contribution in [0.1, 0.15) is 35.7 Å². The highest BCUT2D eigenvalue weighted by Gasteiger charge is 2.35. The maximum Gasteiger partial charge on any atom is 0.269 e. The number of sulfone groups is 1. The van der Waals surface area contributed by atoms with Crippen molar-refractivity contribution in [1.82, 2.24) is 0 Å². The first kappa shape index (κ1) is 20.7. The number of Topliss-reactive ketones (excluding diaryl/α,β-unsaturated/α-hetero) is 1. The third-order valence-electron chi connectivity index (χ3n) is 3.98. The maximum atomic E-state index is 13.0. The molecule has 1 atom stereocenters. The van der Waals surface area contributed by atoms with Crippen LogP contribution in [-0.2, 0) is 14.6 Å². The van der Waals surface area contributed by atoms with Crippen LogP contribution in [-0.4, -0.2) is 31.2 Å². The van der Waals surface area contributed by atoms with E-state index in [1.165, 1.54) is 24.3 Å². The van der Waals surface area contributed by atoms with Gasteiger partial charge >= 0.3 is 0 Å². The highest BCUT2D eigenvalue weighted by Crippen LogP contribution is 2.23. The van der Waals surface area contributed by atoms with Crippen molar-refractivity contribution in [3.05, 3.63) is 69.8 Å². The topological polar surface area (TPSA) is 104 Å². The monoisotopic (exact) mass is 391 g/mol. The molecule has 0 aliphatic heterocycles. The number of ketones is 1. The molecule has 0 aliphatic rings. The van der Waals surface area contributed by atoms with Crippen LogP contribution in [0.5, 0.6) is 0 Å². The number of rotatable bonds is 9. The zero-order valence-electron chi connectivity index (χ0n) is 15.1. The standard InChI is InChI=1S/C19H21NO6S/c1-3-4-13-26-19(27(24,25)17-11-5-14(2)6-12-17)18(21)15-7-9-16(10-8-15)20(22)23/h5-12,19H,3-4,13H2,1-2H3. The molecule has 0 fully saturated rings. The van der Waals surface area contributed by atoms with E-state index in [-0.39, 0.29) is 22.8 Å². The normalized spacial score (nSPS) is 12.5. The summed E-state index contributed by atoms with van der Waals surface area (Å²) in [5, 5.41) is 10.8. The number of hydrogen-bond donors (Lipinski definition) is 0. The van der Waals surface area contributed by atoms with E-state index in [0.29, 0.717) is 6.42 Å². The Morgan fingerprint density at radius 1 is 1.11 bits per heavy atom. The minimum Gasteiger partial charge on any atom is -0.354 e. The van der Waals surface area contributed by atoms with Gasteiger partial charge in [0.1, 0.15) is 0 Å². The van der Waals surface area contributed by atoms with Crippen LogP contribution in [0.15, 0.2) is 53.4 Å². The Labute approximate surface area is 158 Å². The lowest BCUT2D eigenvalue weighted by Crippen LogP contribution is -2.33. The van der Waals surface area contributed by atoms with E-state index in [0.717, 1.165) is 24.1 Å². The minimum atomic E-state index is -4.08. The van der Waals surface area contributed by atoms with Crippen molar-refractivity contribution >= 4 is 21.3 Å². The van der Waals surface area contributed by atoms with Gasteiger partial charge in [0.15, 0.2) is 0 Å². The van der Waals surface area contributed by atoms with Gasteiger partial charge in [-0.15, -0.1) is 0 Å². The number of nitrogens with zero attached hydrogens (tertiary/aromatic N) is 1. The van der Waals surface area contributed by atoms with Gasteiger partial charge in [-0.2, -0.15) is 0 Å². The molecule has 2 aromatic carbocycles. The second-order valence-electron chi connectivity index (χ2n) is 6.08. The predicted octanol–water partition coefficient (Wildman–Crippen LogP) is 3.70. The van der Waals surface area contributed by atoms with Gasteiger partial charge < -0.3 is 4.74 Å². The number of aryl methyl sites for hydroxylation is 1. The molecule has 1 unspecified atom stereocenters. The molecule has 0 spiro atoms. The molecule has 8 heteroatoms. The summed E-state index contributed by atoms with van der Waals surface area (Å²) in [5.41, 5.74) is -0.957. The van der Waals surface area contributed by atoms with Crippen LogP contribution in [0.3, 0.4) is 0 Å². The van der Waals surface area contributed by atoms with Crippen molar-refractivity contribution in [3.8, 4) is 0 Å². The molecule has 2 rings (SSSR count). The molecular weight excluding hydrogens is 370 g/mol. The van der Waals surface area contributed by atoms with Crippen LogP contribution < -0.4 is 0 Å². The Balaban J connectivity index is 2.39. The third-order valence-corrected chi connectivity index (χ3v) is 5.82. The van der Waals surface area contributed by atoms with Crippen LogP contribution in [0.2, 0.25) is 0 Å². The van der Waals surface area contributed by atoms with Gasteiger partial charge in [-0.25, -0.2) is 8.42 Å². The van der Waals surface area contributed by atoms with E-state index in [1.54, 1.807) is 12.1 Å². The fourth-order valence-corrected chi connectivity index (χ4v) is 3.83. The lowest BCUT2D eigenvalue weighted by molar-refractivity contribution is -0.384. The van der Waals surface area contributed by atoms with Crippen molar-refractivity contribution < 1.29 is 22.9 Å². The van der Waals surface area contributed by atoms with Crippen molar-refractivity contribution in [2.24, 2.45) is 0 Å². The lowest BCUT2D eigenvalue weighted by Gasteiger charge is -2.18. The first-order valence-corrected chi connectivity index (χ1v) is 10.0. The first-order chi connectivity index (χ1) is 12.8. The fourth-order valence-electron chi connectivity index (χ4n) is 2.38. The fraction of sp³-hybridized carbons (Fsp3) is 0.316. The smallest absolute Gasteiger partial charge is 0.269 e. The Morgan fingerprint density at radius 3 is 2.22 bits per heavy atom. The van der Waals surface area contributed by atoms with Gasteiger partial charge in [0.25, 0.3) is 5.69 Å². The summed E-state index contributed by atoms with van der Waals surface area (Å²) < 4.78 is 31.4. The Hall–Kier alpha value is -2.58. The summed E-state index contributed by atoms with van der Waals surface area (Å²) in [6.07, 6.45) is 1.39. The molecular formula is C19H21NO6S. The minimum absolute atomic E-state index is 0.00939. The number of unbranched alkanes of at least 4 members (excludes halogenated alkanes) is 1. The zero-order valence-corrected chi connectivity index (χ0v) is 15.9. The summed E-state index contributed by atoms with van der Waals surface area (Å²) >= 11 is 0. The van der Waals surface area contributed by atoms with Crippen LogP contribution in [0, 0.1) is 17.0 Å². The molecule has 0 radical (unpaired) electrons. The number of hydrogen-bond acceptors (Lipinski definition) is 6. The third kappa shape index (κ3) is 4.99. The highest BCUT2D eigenvalue weighted by molar-refractivity contribution is 7.92. The van der Waals surface area contributed by atoms with Gasteiger partial charge in [0.2, 0.25) is 21.1 Å². The summed E-state index contributed by atoms with van der Waals surface area (Å²) in [4.78, 5) is 23.0. The molecule has 27 heavy (non-hydrogen) atoms. The first-order valence-electron chi connectivity index (χ1n) is 8.48. The van der Waals surface area contributed by atoms with E-state index >= 15 is 0 Å². The largest absolute Gasteiger partial charge is 0.354 e. The number of non-ortho nitro benzene ring substituents is 1. The SMILES string of the molecule is CCCCOC(C(=O)c1ccc([N+](=O)[O-])cc1)S(=O)(=O)c1ccc(C)cc1. The highest BCUT2D eigenvalue weighted by atomic mass is 32.2. The molecule has 0 saturated heterocycles. The number of nitro benzene ring substituents is 1. The number of ether oxygens (including phenoxy) is 1. The molecule has 0 amide bonds.